The van der Waals surface area contributed by atoms with Crippen molar-refractivity contribution in [2.45, 2.75) is 6.92 Å². The van der Waals surface area contributed by atoms with E-state index in [9.17, 15) is 0 Å². The molecule has 6 nitrogen and oxygen atoms in total. The zero-order chi connectivity index (χ0) is 12.0. The van der Waals surface area contributed by atoms with Crippen molar-refractivity contribution in [2.24, 2.45) is 0 Å². The van der Waals surface area contributed by atoms with E-state index in [-0.39, 0.29) is 10.9 Å². The van der Waals surface area contributed by atoms with Crippen molar-refractivity contribution in [3.05, 3.63) is 36.2 Å². The van der Waals surface area contributed by atoms with Gasteiger partial charge in [0.05, 0.1) is 6.20 Å². The van der Waals surface area contributed by atoms with Crippen molar-refractivity contribution in [1.82, 2.24) is 14.4 Å². The summed E-state index contributed by atoms with van der Waals surface area (Å²) in [5, 5.41) is 18.2. The van der Waals surface area contributed by atoms with Gasteiger partial charge in [0.25, 0.3) is 0 Å². The lowest BCUT2D eigenvalue weighted by Crippen LogP contribution is -2.13. The van der Waals surface area contributed by atoms with Gasteiger partial charge in [-0.05, 0) is 19.1 Å². The molecule has 0 radical (unpaired) electrons. The predicted octanol–water partition coefficient (Wildman–Crippen LogP) is 1.78. The molecule has 0 amide bonds. The van der Waals surface area contributed by atoms with Crippen molar-refractivity contribution in [1.29, 1.82) is 0 Å². The molecule has 3 aromatic heterocycles. The number of fused-ring (bicyclic) bond motifs is 3. The molecule has 3 heterocycles. The largest absolute Gasteiger partial charge is 0.284 e. The summed E-state index contributed by atoms with van der Waals surface area (Å²) >= 11 is 0. The summed E-state index contributed by atoms with van der Waals surface area (Å²) in [6, 6.07) is 5.65. The van der Waals surface area contributed by atoms with Crippen molar-refractivity contribution < 1.29 is 10.4 Å². The fourth-order valence-electron chi connectivity index (χ4n) is 1.90. The minimum absolute atomic E-state index is 0.0613. The third-order valence-corrected chi connectivity index (χ3v) is 2.77. The van der Waals surface area contributed by atoms with E-state index in [0.717, 1.165) is 5.65 Å². The number of aromatic nitrogens is 3. The zero-order valence-corrected chi connectivity index (χ0v) is 9.07. The number of hydrogen-bond acceptors (Lipinski definition) is 5. The van der Waals surface area contributed by atoms with Gasteiger partial charge in [0.1, 0.15) is 16.9 Å². The fraction of sp³-hybridized carbons (Fsp3) is 0.0909. The molecule has 0 aromatic carbocycles. The molecular weight excluding hydrogens is 220 g/mol. The van der Waals surface area contributed by atoms with E-state index in [4.69, 9.17) is 10.4 Å². The number of pyridine rings is 2. The van der Waals surface area contributed by atoms with Crippen LogP contribution in [0.15, 0.2) is 30.6 Å². The molecule has 0 fully saturated rings. The van der Waals surface area contributed by atoms with E-state index < -0.39 is 0 Å². The monoisotopic (exact) mass is 230 g/mol. The van der Waals surface area contributed by atoms with Gasteiger partial charge < -0.3 is 0 Å². The number of rotatable bonds is 1. The molecule has 0 unspecified atom stereocenters. The lowest BCUT2D eigenvalue weighted by Gasteiger charge is -2.10. The Bertz CT molecular complexity index is 705. The maximum atomic E-state index is 9.05. The average Bonchev–Trinajstić information content (AvgIpc) is 2.69. The van der Waals surface area contributed by atoms with Crippen LogP contribution in [0.2, 0.25) is 0 Å². The number of hydrogen-bond donors (Lipinski definition) is 2. The van der Waals surface area contributed by atoms with E-state index in [0.29, 0.717) is 16.7 Å². The molecule has 0 aliphatic heterocycles. The van der Waals surface area contributed by atoms with E-state index in [1.165, 1.54) is 6.20 Å². The zero-order valence-electron chi connectivity index (χ0n) is 9.07. The SMILES string of the molecule is Cc1c(N(O)O)cnc2c1nc1ccccn12. The highest BCUT2D eigenvalue weighted by molar-refractivity contribution is 5.83. The predicted molar refractivity (Wildman–Crippen MR) is 61.3 cm³/mol. The second-order valence-electron chi connectivity index (χ2n) is 3.77. The number of aryl methyl sites for hydroxylation is 1. The summed E-state index contributed by atoms with van der Waals surface area (Å²) in [5.74, 6) is 0. The smallest absolute Gasteiger partial charge is 0.164 e. The normalized spacial score (nSPS) is 11.2. The number of anilines is 1. The molecule has 3 rings (SSSR count). The van der Waals surface area contributed by atoms with Crippen LogP contribution in [0.25, 0.3) is 16.8 Å². The molecule has 17 heavy (non-hydrogen) atoms. The molecule has 0 saturated heterocycles. The first-order valence-electron chi connectivity index (χ1n) is 5.09. The van der Waals surface area contributed by atoms with Crippen LogP contribution < -0.4 is 5.23 Å². The third kappa shape index (κ3) is 1.35. The lowest BCUT2D eigenvalue weighted by atomic mass is 10.2. The van der Waals surface area contributed by atoms with Crippen LogP contribution in [-0.2, 0) is 0 Å². The van der Waals surface area contributed by atoms with Crippen molar-refractivity contribution in [3.8, 4) is 0 Å². The Morgan fingerprint density at radius 1 is 1.29 bits per heavy atom. The van der Waals surface area contributed by atoms with Crippen LogP contribution in [0, 0.1) is 6.92 Å². The second kappa shape index (κ2) is 3.41. The van der Waals surface area contributed by atoms with Crippen molar-refractivity contribution >= 4 is 22.5 Å². The highest BCUT2D eigenvalue weighted by atomic mass is 16.8. The number of imidazole rings is 1. The highest BCUT2D eigenvalue weighted by Crippen LogP contribution is 2.25. The first-order valence-corrected chi connectivity index (χ1v) is 5.09. The topological polar surface area (TPSA) is 73.9 Å². The summed E-state index contributed by atoms with van der Waals surface area (Å²) in [5.41, 5.74) is 3.02. The van der Waals surface area contributed by atoms with Crippen LogP contribution in [0.4, 0.5) is 5.69 Å². The molecule has 0 bridgehead atoms. The maximum absolute atomic E-state index is 9.05. The number of nitrogens with zero attached hydrogens (tertiary/aromatic N) is 4. The van der Waals surface area contributed by atoms with Crippen LogP contribution >= 0.6 is 0 Å². The summed E-state index contributed by atoms with van der Waals surface area (Å²) in [7, 11) is 0. The average molecular weight is 230 g/mol. The second-order valence-corrected chi connectivity index (χ2v) is 3.77. The van der Waals surface area contributed by atoms with E-state index >= 15 is 0 Å². The Morgan fingerprint density at radius 3 is 2.88 bits per heavy atom. The van der Waals surface area contributed by atoms with Crippen molar-refractivity contribution in [2.75, 3.05) is 5.23 Å². The van der Waals surface area contributed by atoms with Gasteiger partial charge in [0.2, 0.25) is 0 Å². The van der Waals surface area contributed by atoms with E-state index in [1.54, 1.807) is 6.92 Å². The van der Waals surface area contributed by atoms with E-state index in [2.05, 4.69) is 9.97 Å². The Labute approximate surface area is 96.3 Å². The van der Waals surface area contributed by atoms with Gasteiger partial charge in [-0.2, -0.15) is 0 Å². The Hall–Kier alpha value is -2.18. The summed E-state index contributed by atoms with van der Waals surface area (Å²) < 4.78 is 1.85. The van der Waals surface area contributed by atoms with Crippen LogP contribution in [0.1, 0.15) is 5.56 Å². The molecule has 0 saturated carbocycles. The quantitative estimate of drug-likeness (QED) is 0.623. The van der Waals surface area contributed by atoms with Gasteiger partial charge >= 0.3 is 0 Å². The van der Waals surface area contributed by atoms with Gasteiger partial charge in [-0.1, -0.05) is 6.07 Å². The molecule has 3 aromatic rings. The van der Waals surface area contributed by atoms with Crippen LogP contribution in [0.5, 0.6) is 0 Å². The van der Waals surface area contributed by atoms with Crippen LogP contribution in [-0.4, -0.2) is 24.8 Å². The molecule has 86 valence electrons. The van der Waals surface area contributed by atoms with Gasteiger partial charge in [0, 0.05) is 11.8 Å². The Balaban J connectivity index is 2.44. The molecule has 6 heteroatoms. The molecule has 0 aliphatic carbocycles. The standard InChI is InChI=1S/C11H10N4O2/c1-7-8(15(16)17)6-12-11-10(7)13-9-4-2-3-5-14(9)11/h2-6,16-17H,1H3. The summed E-state index contributed by atoms with van der Waals surface area (Å²) in [4.78, 5) is 8.60. The first kappa shape index (κ1) is 10.0. The molecule has 2 N–H and O–H groups in total. The molecule has 0 spiro atoms. The Morgan fingerprint density at radius 2 is 2.12 bits per heavy atom. The summed E-state index contributed by atoms with van der Waals surface area (Å²) in [6.07, 6.45) is 3.27. The molecule has 0 atom stereocenters. The first-order chi connectivity index (χ1) is 8.18. The van der Waals surface area contributed by atoms with Gasteiger partial charge in [0.15, 0.2) is 5.65 Å². The Kier molecular flexibility index (Phi) is 2.01. The van der Waals surface area contributed by atoms with Crippen LogP contribution in [0.3, 0.4) is 0 Å². The third-order valence-electron chi connectivity index (χ3n) is 2.77. The molecule has 0 aliphatic rings. The summed E-state index contributed by atoms with van der Waals surface area (Å²) in [6.45, 7) is 1.77. The maximum Gasteiger partial charge on any atom is 0.164 e. The minimum Gasteiger partial charge on any atom is -0.284 e. The lowest BCUT2D eigenvalue weighted by molar-refractivity contribution is 0.0287. The highest BCUT2D eigenvalue weighted by Gasteiger charge is 2.13. The van der Waals surface area contributed by atoms with Gasteiger partial charge in [-0.15, -0.1) is 5.23 Å². The van der Waals surface area contributed by atoms with Gasteiger partial charge in [-0.25, -0.2) is 9.97 Å². The fourth-order valence-corrected chi connectivity index (χ4v) is 1.90. The molecular formula is C11H10N4O2. The van der Waals surface area contributed by atoms with Crippen molar-refractivity contribution in [3.63, 3.8) is 0 Å². The van der Waals surface area contributed by atoms with Gasteiger partial charge in [-0.3, -0.25) is 14.8 Å². The van der Waals surface area contributed by atoms with E-state index in [1.807, 2.05) is 28.8 Å². The minimum atomic E-state index is 0.0613.